The van der Waals surface area contributed by atoms with Gasteiger partial charge < -0.3 is 10.3 Å². The van der Waals surface area contributed by atoms with Gasteiger partial charge in [-0.1, -0.05) is 37.5 Å². The molecule has 0 spiro atoms. The van der Waals surface area contributed by atoms with Crippen molar-refractivity contribution in [1.29, 1.82) is 0 Å². The molecule has 0 saturated heterocycles. The van der Waals surface area contributed by atoms with Crippen LogP contribution in [0.15, 0.2) is 41.8 Å². The molecule has 2 aromatic rings. The first-order valence-corrected chi connectivity index (χ1v) is 9.34. The quantitative estimate of drug-likeness (QED) is 0.854. The van der Waals surface area contributed by atoms with Gasteiger partial charge in [0.05, 0.1) is 16.6 Å². The van der Waals surface area contributed by atoms with Gasteiger partial charge in [0.1, 0.15) is 0 Å². The first-order chi connectivity index (χ1) is 10.8. The monoisotopic (exact) mass is 317 g/mol. The van der Waals surface area contributed by atoms with Crippen molar-refractivity contribution in [3.8, 4) is 0 Å². The summed E-state index contributed by atoms with van der Waals surface area (Å²) in [5, 5.41) is 4.11. The molecular weight excluding hydrogens is 294 g/mol. The van der Waals surface area contributed by atoms with Crippen LogP contribution in [0.2, 0.25) is 0 Å². The molecule has 5 heteroatoms. The van der Waals surface area contributed by atoms with Crippen LogP contribution >= 0.6 is 0 Å². The summed E-state index contributed by atoms with van der Waals surface area (Å²) in [5.41, 5.74) is 2.20. The molecule has 0 bridgehead atoms. The van der Waals surface area contributed by atoms with Crippen molar-refractivity contribution in [3.05, 3.63) is 42.2 Å². The number of aromatic nitrogens is 2. The smallest absolute Gasteiger partial charge is 0.196 e. The Morgan fingerprint density at radius 3 is 2.82 bits per heavy atom. The van der Waals surface area contributed by atoms with Crippen molar-refractivity contribution in [1.82, 2.24) is 9.97 Å². The second-order valence-electron chi connectivity index (χ2n) is 5.93. The molecule has 1 fully saturated rings. The molecule has 0 amide bonds. The average molecular weight is 317 g/mol. The number of nitrogens with one attached hydrogen (secondary N) is 2. The number of para-hydroxylation sites is 1. The van der Waals surface area contributed by atoms with Crippen molar-refractivity contribution in [3.63, 3.8) is 0 Å². The third-order valence-electron chi connectivity index (χ3n) is 4.30. The molecule has 1 unspecified atom stereocenters. The van der Waals surface area contributed by atoms with Gasteiger partial charge in [0.25, 0.3) is 0 Å². The molecule has 22 heavy (non-hydrogen) atoms. The van der Waals surface area contributed by atoms with E-state index in [2.05, 4.69) is 21.4 Å². The highest BCUT2D eigenvalue weighted by Crippen LogP contribution is 2.25. The zero-order chi connectivity index (χ0) is 15.2. The Balaban J connectivity index is 1.63. The van der Waals surface area contributed by atoms with E-state index in [1.807, 2.05) is 18.2 Å². The van der Waals surface area contributed by atoms with Crippen molar-refractivity contribution >= 4 is 16.5 Å². The molecule has 0 aliphatic heterocycles. The molecule has 118 valence electrons. The van der Waals surface area contributed by atoms with Gasteiger partial charge in [-0.3, -0.25) is 4.21 Å². The molecule has 1 aliphatic rings. The normalized spacial score (nSPS) is 17.3. The third-order valence-corrected chi connectivity index (χ3v) is 5.53. The number of rotatable bonds is 6. The second-order valence-corrected chi connectivity index (χ2v) is 7.29. The van der Waals surface area contributed by atoms with E-state index in [9.17, 15) is 4.21 Å². The number of benzene rings is 1. The highest BCUT2D eigenvalue weighted by molar-refractivity contribution is 7.84. The Morgan fingerprint density at radius 2 is 2.05 bits per heavy atom. The van der Waals surface area contributed by atoms with Crippen molar-refractivity contribution in [2.75, 3.05) is 11.9 Å². The molecule has 1 aromatic carbocycles. The Bertz CT molecular complexity index is 606. The summed E-state index contributed by atoms with van der Waals surface area (Å²) in [6.45, 7) is 1.02. The summed E-state index contributed by atoms with van der Waals surface area (Å²) in [4.78, 5) is 7.01. The maximum Gasteiger partial charge on any atom is 0.196 e. The number of H-pyrrole nitrogens is 1. The fourth-order valence-corrected chi connectivity index (χ4v) is 4.10. The minimum absolute atomic E-state index is 0.487. The van der Waals surface area contributed by atoms with Crippen molar-refractivity contribution in [2.45, 2.75) is 43.0 Å². The number of hydrogen-bond acceptors (Lipinski definition) is 3. The Kier molecular flexibility index (Phi) is 5.27. The van der Waals surface area contributed by atoms with E-state index in [0.29, 0.717) is 10.9 Å². The lowest BCUT2D eigenvalue weighted by molar-refractivity contribution is 0.373. The lowest BCUT2D eigenvalue weighted by atomic mass is 9.89. The van der Waals surface area contributed by atoms with Crippen molar-refractivity contribution in [2.24, 2.45) is 5.92 Å². The summed E-state index contributed by atoms with van der Waals surface area (Å²) >= 11 is 0. The Morgan fingerprint density at radius 1 is 1.23 bits per heavy atom. The van der Waals surface area contributed by atoms with Gasteiger partial charge in [-0.05, 0) is 30.4 Å². The van der Waals surface area contributed by atoms with Crippen LogP contribution in [-0.4, -0.2) is 20.7 Å². The van der Waals surface area contributed by atoms with Crippen molar-refractivity contribution < 1.29 is 4.21 Å². The lowest BCUT2D eigenvalue weighted by Gasteiger charge is -2.23. The highest BCUT2D eigenvalue weighted by Gasteiger charge is 2.14. The molecule has 1 heterocycles. The van der Waals surface area contributed by atoms with E-state index >= 15 is 0 Å². The number of hydrogen-bond donors (Lipinski definition) is 2. The molecule has 0 radical (unpaired) electrons. The average Bonchev–Trinajstić information content (AvgIpc) is 3.10. The van der Waals surface area contributed by atoms with E-state index in [-0.39, 0.29) is 0 Å². The summed E-state index contributed by atoms with van der Waals surface area (Å²) in [6.07, 6.45) is 10.1. The van der Waals surface area contributed by atoms with Crippen LogP contribution in [0.25, 0.3) is 0 Å². The van der Waals surface area contributed by atoms with E-state index in [4.69, 9.17) is 0 Å². The highest BCUT2D eigenvalue weighted by atomic mass is 32.2. The first-order valence-electron chi connectivity index (χ1n) is 8.02. The zero-order valence-electron chi connectivity index (χ0n) is 12.8. The third kappa shape index (κ3) is 3.97. The summed E-state index contributed by atoms with van der Waals surface area (Å²) in [7, 11) is -1.13. The van der Waals surface area contributed by atoms with E-state index in [1.165, 1.54) is 32.1 Å². The second kappa shape index (κ2) is 7.58. The fourth-order valence-electron chi connectivity index (χ4n) is 3.05. The van der Waals surface area contributed by atoms with Crippen LogP contribution in [0.1, 0.15) is 37.7 Å². The predicted octanol–water partition coefficient (Wildman–Crippen LogP) is 3.71. The molecule has 2 N–H and O–H groups in total. The molecule has 1 atom stereocenters. The van der Waals surface area contributed by atoms with Gasteiger partial charge in [-0.15, -0.1) is 0 Å². The maximum absolute atomic E-state index is 12.3. The molecule has 1 aromatic heterocycles. The minimum atomic E-state index is -1.13. The van der Waals surface area contributed by atoms with Crippen LogP contribution in [0, 0.1) is 5.92 Å². The number of nitrogens with zero attached hydrogens (tertiary/aromatic N) is 1. The van der Waals surface area contributed by atoms with Crippen LogP contribution in [0.4, 0.5) is 5.69 Å². The lowest BCUT2D eigenvalue weighted by Crippen LogP contribution is -2.18. The number of aromatic amines is 1. The van der Waals surface area contributed by atoms with E-state index < -0.39 is 10.8 Å². The number of anilines is 1. The molecule has 1 saturated carbocycles. The SMILES string of the molecule is O=S(Cc1ccccc1NCC1CCCCC1)c1ncc[nH]1. The Labute approximate surface area is 134 Å². The van der Waals surface area contributed by atoms with Gasteiger partial charge in [0, 0.05) is 24.6 Å². The molecule has 3 rings (SSSR count). The van der Waals surface area contributed by atoms with Crippen LogP contribution in [0.5, 0.6) is 0 Å². The van der Waals surface area contributed by atoms with Gasteiger partial charge in [-0.2, -0.15) is 0 Å². The van der Waals surface area contributed by atoms with E-state index in [0.717, 1.165) is 23.7 Å². The molecule has 4 nitrogen and oxygen atoms in total. The minimum Gasteiger partial charge on any atom is -0.385 e. The summed E-state index contributed by atoms with van der Waals surface area (Å²) in [5.74, 6) is 1.26. The Hall–Kier alpha value is -1.62. The topological polar surface area (TPSA) is 57.8 Å². The van der Waals surface area contributed by atoms with Gasteiger partial charge in [-0.25, -0.2) is 4.98 Å². The molecular formula is C17H23N3OS. The number of imidazole rings is 1. The summed E-state index contributed by atoms with van der Waals surface area (Å²) < 4.78 is 12.3. The largest absolute Gasteiger partial charge is 0.385 e. The fraction of sp³-hybridized carbons (Fsp3) is 0.471. The molecule has 1 aliphatic carbocycles. The van der Waals surface area contributed by atoms with E-state index in [1.54, 1.807) is 12.4 Å². The maximum atomic E-state index is 12.3. The summed E-state index contributed by atoms with van der Waals surface area (Å²) in [6, 6.07) is 8.16. The van der Waals surface area contributed by atoms with Gasteiger partial charge in [0.15, 0.2) is 5.16 Å². The first kappa shape index (κ1) is 15.3. The zero-order valence-corrected chi connectivity index (χ0v) is 13.6. The van der Waals surface area contributed by atoms with Crippen LogP contribution in [-0.2, 0) is 16.6 Å². The van der Waals surface area contributed by atoms with Gasteiger partial charge in [0.2, 0.25) is 0 Å². The predicted molar refractivity (Wildman–Crippen MR) is 90.2 cm³/mol. The standard InChI is InChI=1S/C17H23N3OS/c21-22(17-18-10-11-19-17)13-15-8-4-5-9-16(15)20-12-14-6-2-1-3-7-14/h4-5,8-11,14,20H,1-3,6-7,12-13H2,(H,18,19). The van der Waals surface area contributed by atoms with Gasteiger partial charge >= 0.3 is 0 Å². The van der Waals surface area contributed by atoms with Crippen LogP contribution < -0.4 is 5.32 Å². The van der Waals surface area contributed by atoms with Crippen LogP contribution in [0.3, 0.4) is 0 Å².